The van der Waals surface area contributed by atoms with Crippen LogP contribution in [-0.4, -0.2) is 23.8 Å². The molecule has 8 heteroatoms. The SMILES string of the molecule is COc1ccc(Cn2c(N)c(N)c(=O)[nH]c2=S)cc1OC. The van der Waals surface area contributed by atoms with E-state index in [0.29, 0.717) is 18.0 Å². The predicted octanol–water partition coefficient (Wildman–Crippen LogP) is 1.14. The molecule has 0 aliphatic heterocycles. The number of anilines is 2. The molecular weight excluding hydrogens is 292 g/mol. The molecule has 0 atom stereocenters. The molecule has 2 aromatic rings. The smallest absolute Gasteiger partial charge is 0.277 e. The summed E-state index contributed by atoms with van der Waals surface area (Å²) in [6, 6.07) is 5.44. The Labute approximate surface area is 126 Å². The van der Waals surface area contributed by atoms with E-state index in [9.17, 15) is 4.79 Å². The largest absolute Gasteiger partial charge is 0.493 e. The molecule has 1 aromatic carbocycles. The molecule has 0 aliphatic rings. The molecule has 0 amide bonds. The second-order valence-corrected chi connectivity index (χ2v) is 4.72. The number of aromatic nitrogens is 2. The van der Waals surface area contributed by atoms with Crippen molar-refractivity contribution in [2.24, 2.45) is 0 Å². The van der Waals surface area contributed by atoms with Crippen LogP contribution in [0.25, 0.3) is 0 Å². The summed E-state index contributed by atoms with van der Waals surface area (Å²) in [4.78, 5) is 14.0. The third-order valence-corrected chi connectivity index (χ3v) is 3.39. The Morgan fingerprint density at radius 1 is 1.24 bits per heavy atom. The molecule has 21 heavy (non-hydrogen) atoms. The van der Waals surface area contributed by atoms with Crippen molar-refractivity contribution < 1.29 is 9.47 Å². The Balaban J connectivity index is 2.46. The van der Waals surface area contributed by atoms with E-state index < -0.39 is 5.56 Å². The summed E-state index contributed by atoms with van der Waals surface area (Å²) in [5, 5.41) is 0. The Kier molecular flexibility index (Phi) is 4.18. The summed E-state index contributed by atoms with van der Waals surface area (Å²) < 4.78 is 12.2. The van der Waals surface area contributed by atoms with E-state index in [1.54, 1.807) is 30.9 Å². The van der Waals surface area contributed by atoms with Crippen molar-refractivity contribution in [2.75, 3.05) is 25.7 Å². The van der Waals surface area contributed by atoms with Gasteiger partial charge in [-0.25, -0.2) is 0 Å². The van der Waals surface area contributed by atoms with Crippen LogP contribution in [-0.2, 0) is 6.54 Å². The average Bonchev–Trinajstić information content (AvgIpc) is 2.49. The van der Waals surface area contributed by atoms with Gasteiger partial charge >= 0.3 is 0 Å². The van der Waals surface area contributed by atoms with Gasteiger partial charge in [0.15, 0.2) is 16.3 Å². The topological polar surface area (TPSA) is 108 Å². The Bertz CT molecular complexity index is 782. The third-order valence-electron chi connectivity index (χ3n) is 3.07. The molecule has 0 spiro atoms. The summed E-state index contributed by atoms with van der Waals surface area (Å²) in [6.07, 6.45) is 0. The maximum absolute atomic E-state index is 11.5. The number of H-pyrrole nitrogens is 1. The van der Waals surface area contributed by atoms with Crippen LogP contribution < -0.4 is 26.5 Å². The molecule has 5 N–H and O–H groups in total. The summed E-state index contributed by atoms with van der Waals surface area (Å²) in [6.45, 7) is 0.353. The van der Waals surface area contributed by atoms with Gasteiger partial charge in [-0.15, -0.1) is 0 Å². The molecule has 0 radical (unpaired) electrons. The molecular formula is C13H16N4O3S. The summed E-state index contributed by atoms with van der Waals surface area (Å²) in [5.41, 5.74) is 11.8. The average molecular weight is 308 g/mol. The molecule has 0 fully saturated rings. The highest BCUT2D eigenvalue weighted by Gasteiger charge is 2.10. The molecule has 112 valence electrons. The molecule has 7 nitrogen and oxygen atoms in total. The Morgan fingerprint density at radius 3 is 2.52 bits per heavy atom. The first kappa shape index (κ1) is 14.9. The first-order chi connectivity index (χ1) is 9.97. The maximum Gasteiger partial charge on any atom is 0.277 e. The number of hydrogen-bond donors (Lipinski definition) is 3. The monoisotopic (exact) mass is 308 g/mol. The molecule has 2 rings (SSSR count). The van der Waals surface area contributed by atoms with Crippen LogP contribution in [0.4, 0.5) is 11.5 Å². The Morgan fingerprint density at radius 2 is 1.90 bits per heavy atom. The number of methoxy groups -OCH3 is 2. The molecule has 0 bridgehead atoms. The van der Waals surface area contributed by atoms with Gasteiger partial charge in [-0.05, 0) is 29.9 Å². The van der Waals surface area contributed by atoms with E-state index in [1.807, 2.05) is 6.07 Å². The number of nitrogens with zero attached hydrogens (tertiary/aromatic N) is 1. The fraction of sp³-hybridized carbons (Fsp3) is 0.231. The van der Waals surface area contributed by atoms with Gasteiger partial charge in [-0.1, -0.05) is 6.07 Å². The number of hydrogen-bond acceptors (Lipinski definition) is 6. The maximum atomic E-state index is 11.5. The zero-order chi connectivity index (χ0) is 15.6. The van der Waals surface area contributed by atoms with Crippen LogP contribution in [0.1, 0.15) is 5.56 Å². The third kappa shape index (κ3) is 2.84. The van der Waals surface area contributed by atoms with Crippen molar-refractivity contribution in [3.8, 4) is 11.5 Å². The van der Waals surface area contributed by atoms with E-state index in [4.69, 9.17) is 33.2 Å². The first-order valence-corrected chi connectivity index (χ1v) is 6.47. The lowest BCUT2D eigenvalue weighted by molar-refractivity contribution is 0.354. The second kappa shape index (κ2) is 5.88. The summed E-state index contributed by atoms with van der Waals surface area (Å²) in [5.74, 6) is 1.36. The van der Waals surface area contributed by atoms with Crippen molar-refractivity contribution in [2.45, 2.75) is 6.54 Å². The summed E-state index contributed by atoms with van der Waals surface area (Å²) in [7, 11) is 3.12. The minimum absolute atomic E-state index is 0.0518. The highest BCUT2D eigenvalue weighted by atomic mass is 32.1. The van der Waals surface area contributed by atoms with Crippen LogP contribution in [0.15, 0.2) is 23.0 Å². The van der Waals surface area contributed by atoms with Crippen molar-refractivity contribution in [1.29, 1.82) is 0 Å². The predicted molar refractivity (Wildman–Crippen MR) is 83.4 cm³/mol. The van der Waals surface area contributed by atoms with Gasteiger partial charge < -0.3 is 20.9 Å². The fourth-order valence-corrected chi connectivity index (χ4v) is 2.18. The van der Waals surface area contributed by atoms with Crippen LogP contribution in [0.3, 0.4) is 0 Å². The van der Waals surface area contributed by atoms with Crippen LogP contribution in [0.5, 0.6) is 11.5 Å². The molecule has 0 saturated heterocycles. The lowest BCUT2D eigenvalue weighted by atomic mass is 10.2. The number of nitrogens with one attached hydrogen (secondary N) is 1. The van der Waals surface area contributed by atoms with Gasteiger partial charge in [0.2, 0.25) is 0 Å². The number of nitrogen functional groups attached to an aromatic ring is 2. The first-order valence-electron chi connectivity index (χ1n) is 6.07. The van der Waals surface area contributed by atoms with E-state index in [-0.39, 0.29) is 16.3 Å². The number of rotatable bonds is 4. The van der Waals surface area contributed by atoms with Gasteiger partial charge in [0.25, 0.3) is 5.56 Å². The zero-order valence-electron chi connectivity index (χ0n) is 11.7. The highest BCUT2D eigenvalue weighted by Crippen LogP contribution is 2.28. The Hall–Kier alpha value is -2.48. The van der Waals surface area contributed by atoms with Gasteiger partial charge in [0, 0.05) is 0 Å². The summed E-state index contributed by atoms with van der Waals surface area (Å²) >= 11 is 5.11. The van der Waals surface area contributed by atoms with Gasteiger partial charge in [0.05, 0.1) is 20.8 Å². The lowest BCUT2D eigenvalue weighted by Crippen LogP contribution is -2.21. The van der Waals surface area contributed by atoms with Gasteiger partial charge in [-0.3, -0.25) is 14.3 Å². The molecule has 1 heterocycles. The fourth-order valence-electron chi connectivity index (χ4n) is 1.92. The molecule has 0 saturated carbocycles. The van der Waals surface area contributed by atoms with Crippen molar-refractivity contribution >= 4 is 23.7 Å². The minimum Gasteiger partial charge on any atom is -0.493 e. The molecule has 1 aromatic heterocycles. The second-order valence-electron chi connectivity index (χ2n) is 4.33. The lowest BCUT2D eigenvalue weighted by Gasteiger charge is -2.14. The molecule has 0 aliphatic carbocycles. The minimum atomic E-state index is -0.485. The van der Waals surface area contributed by atoms with Gasteiger partial charge in [0.1, 0.15) is 11.5 Å². The van der Waals surface area contributed by atoms with Gasteiger partial charge in [-0.2, -0.15) is 0 Å². The van der Waals surface area contributed by atoms with E-state index >= 15 is 0 Å². The highest BCUT2D eigenvalue weighted by molar-refractivity contribution is 7.71. The van der Waals surface area contributed by atoms with Crippen molar-refractivity contribution in [3.63, 3.8) is 0 Å². The quantitative estimate of drug-likeness (QED) is 0.731. The van der Waals surface area contributed by atoms with E-state index in [0.717, 1.165) is 5.56 Å². The van der Waals surface area contributed by atoms with Crippen LogP contribution in [0.2, 0.25) is 0 Å². The number of nitrogens with two attached hydrogens (primary N) is 2. The van der Waals surface area contributed by atoms with E-state index in [2.05, 4.69) is 4.98 Å². The standard InChI is InChI=1S/C13H16N4O3S/c1-19-8-4-3-7(5-9(8)20-2)6-17-11(15)10(14)12(18)16-13(17)21/h3-5H,6,14-15H2,1-2H3,(H,16,18,21). The number of ether oxygens (including phenoxy) is 2. The molecule has 0 unspecified atom stereocenters. The van der Waals surface area contributed by atoms with Crippen molar-refractivity contribution in [1.82, 2.24) is 9.55 Å². The zero-order valence-corrected chi connectivity index (χ0v) is 12.5. The normalized spacial score (nSPS) is 10.4. The van der Waals surface area contributed by atoms with Crippen molar-refractivity contribution in [3.05, 3.63) is 38.9 Å². The number of benzene rings is 1. The van der Waals surface area contributed by atoms with E-state index in [1.165, 1.54) is 0 Å². The van der Waals surface area contributed by atoms with Crippen LogP contribution in [0, 0.1) is 4.77 Å². The van der Waals surface area contributed by atoms with Crippen LogP contribution >= 0.6 is 12.2 Å². The number of aromatic amines is 1.